The highest BCUT2D eigenvalue weighted by Gasteiger charge is 1.76. The summed E-state index contributed by atoms with van der Waals surface area (Å²) in [5.74, 6) is 0. The zero-order valence-corrected chi connectivity index (χ0v) is 6.78. The van der Waals surface area contributed by atoms with Crippen LogP contribution in [0.4, 0.5) is 0 Å². The molecule has 0 spiro atoms. The standard InChI is InChI=1S/C9H15/c1-8(2)6-5-7-9(3)4/h6H,5H2,1-4H3. The van der Waals surface area contributed by atoms with Crippen LogP contribution in [0.25, 0.3) is 0 Å². The van der Waals surface area contributed by atoms with Gasteiger partial charge in [0.05, 0.1) is 0 Å². The zero-order valence-electron chi connectivity index (χ0n) is 6.78. The van der Waals surface area contributed by atoms with Crippen LogP contribution in [0, 0.1) is 6.08 Å². The van der Waals surface area contributed by atoms with Crippen molar-refractivity contribution in [2.75, 3.05) is 0 Å². The maximum absolute atomic E-state index is 3.22. The lowest BCUT2D eigenvalue weighted by molar-refractivity contribution is 1.20. The van der Waals surface area contributed by atoms with Crippen molar-refractivity contribution in [3.63, 3.8) is 0 Å². The summed E-state index contributed by atoms with van der Waals surface area (Å²) in [6, 6.07) is 0. The van der Waals surface area contributed by atoms with Gasteiger partial charge >= 0.3 is 0 Å². The van der Waals surface area contributed by atoms with E-state index >= 15 is 0 Å². The van der Waals surface area contributed by atoms with Gasteiger partial charge in [0.2, 0.25) is 0 Å². The minimum absolute atomic E-state index is 0.963. The van der Waals surface area contributed by atoms with Gasteiger partial charge in [-0.3, -0.25) is 0 Å². The molecule has 0 atom stereocenters. The lowest BCUT2D eigenvalue weighted by atomic mass is 10.2. The molecule has 0 aliphatic heterocycles. The molecule has 0 aromatic heterocycles. The highest BCUT2D eigenvalue weighted by Crippen LogP contribution is 1.96. The molecule has 0 N–H and O–H groups in total. The van der Waals surface area contributed by atoms with E-state index in [-0.39, 0.29) is 0 Å². The Kier molecular flexibility index (Phi) is 4.12. The fourth-order valence-corrected chi connectivity index (χ4v) is 0.459. The Hall–Kier alpha value is -0.520. The fourth-order valence-electron chi connectivity index (χ4n) is 0.459. The van der Waals surface area contributed by atoms with Gasteiger partial charge in [-0.25, -0.2) is 0 Å². The summed E-state index contributed by atoms with van der Waals surface area (Å²) in [6.45, 7) is 8.34. The van der Waals surface area contributed by atoms with E-state index in [2.05, 4.69) is 39.8 Å². The summed E-state index contributed by atoms with van der Waals surface area (Å²) in [6.07, 6.45) is 6.35. The van der Waals surface area contributed by atoms with Gasteiger partial charge in [0, 0.05) is 0 Å². The molecule has 0 heterocycles. The molecule has 0 fully saturated rings. The predicted octanol–water partition coefficient (Wildman–Crippen LogP) is 3.11. The van der Waals surface area contributed by atoms with E-state index in [1.165, 1.54) is 11.1 Å². The molecule has 0 saturated carbocycles. The van der Waals surface area contributed by atoms with Crippen molar-refractivity contribution < 1.29 is 0 Å². The first-order chi connectivity index (χ1) is 4.13. The Morgan fingerprint density at radius 2 is 1.78 bits per heavy atom. The first-order valence-corrected chi connectivity index (χ1v) is 3.30. The minimum Gasteiger partial charge on any atom is -0.0815 e. The summed E-state index contributed by atoms with van der Waals surface area (Å²) < 4.78 is 0. The Morgan fingerprint density at radius 3 is 2.11 bits per heavy atom. The molecule has 0 amide bonds. The molecule has 9 heavy (non-hydrogen) atoms. The van der Waals surface area contributed by atoms with E-state index in [4.69, 9.17) is 0 Å². The van der Waals surface area contributed by atoms with Crippen molar-refractivity contribution >= 4 is 0 Å². The van der Waals surface area contributed by atoms with Gasteiger partial charge in [0.1, 0.15) is 0 Å². The van der Waals surface area contributed by atoms with Crippen LogP contribution in [0.2, 0.25) is 0 Å². The second-order valence-corrected chi connectivity index (χ2v) is 2.66. The summed E-state index contributed by atoms with van der Waals surface area (Å²) in [4.78, 5) is 0. The van der Waals surface area contributed by atoms with Crippen LogP contribution in [0.15, 0.2) is 17.2 Å². The molecule has 0 bridgehead atoms. The van der Waals surface area contributed by atoms with E-state index in [0.717, 1.165) is 6.42 Å². The molecule has 0 rings (SSSR count). The quantitative estimate of drug-likeness (QED) is 0.495. The number of allylic oxidation sites excluding steroid dienone is 4. The fraction of sp³-hybridized carbons (Fsp3) is 0.556. The van der Waals surface area contributed by atoms with Crippen LogP contribution >= 0.6 is 0 Å². The molecule has 0 aliphatic carbocycles. The normalized spacial score (nSPS) is 8.44. The number of rotatable bonds is 2. The monoisotopic (exact) mass is 123 g/mol. The smallest absolute Gasteiger partial charge is 0.00928 e. The molecule has 0 saturated heterocycles. The zero-order chi connectivity index (χ0) is 7.28. The molecule has 0 aromatic carbocycles. The molecule has 51 valence electrons. The lowest BCUT2D eigenvalue weighted by Gasteiger charge is -1.86. The third kappa shape index (κ3) is 7.48. The van der Waals surface area contributed by atoms with Crippen LogP contribution in [0.3, 0.4) is 0 Å². The van der Waals surface area contributed by atoms with E-state index in [1.54, 1.807) is 0 Å². The maximum atomic E-state index is 3.22. The third-order valence-corrected chi connectivity index (χ3v) is 0.966. The first-order valence-electron chi connectivity index (χ1n) is 3.30. The molecule has 1 radical (unpaired) electrons. The van der Waals surface area contributed by atoms with Crippen molar-refractivity contribution in [3.8, 4) is 0 Å². The van der Waals surface area contributed by atoms with Crippen molar-refractivity contribution in [1.82, 2.24) is 0 Å². The van der Waals surface area contributed by atoms with Gasteiger partial charge in [-0.1, -0.05) is 17.2 Å². The van der Waals surface area contributed by atoms with Gasteiger partial charge in [-0.2, -0.15) is 0 Å². The second-order valence-electron chi connectivity index (χ2n) is 2.66. The maximum Gasteiger partial charge on any atom is -0.00928 e. The molecule has 0 aromatic rings. The molecular weight excluding hydrogens is 108 g/mol. The molecular formula is C9H15. The SMILES string of the molecule is CC(C)=[C]CC=C(C)C. The summed E-state index contributed by atoms with van der Waals surface area (Å²) >= 11 is 0. The van der Waals surface area contributed by atoms with Crippen molar-refractivity contribution in [1.29, 1.82) is 0 Å². The Balaban J connectivity index is 3.53. The van der Waals surface area contributed by atoms with E-state index < -0.39 is 0 Å². The van der Waals surface area contributed by atoms with Crippen LogP contribution in [0.1, 0.15) is 34.1 Å². The Labute approximate surface area is 58.3 Å². The Bertz CT molecular complexity index is 103. The predicted molar refractivity (Wildman–Crippen MR) is 42.2 cm³/mol. The Morgan fingerprint density at radius 1 is 1.22 bits per heavy atom. The van der Waals surface area contributed by atoms with Gasteiger partial charge in [-0.15, -0.1) is 0 Å². The summed E-state index contributed by atoms with van der Waals surface area (Å²) in [5, 5.41) is 0. The largest absolute Gasteiger partial charge is 0.0815 e. The summed E-state index contributed by atoms with van der Waals surface area (Å²) in [5.41, 5.74) is 2.64. The van der Waals surface area contributed by atoms with Crippen LogP contribution < -0.4 is 0 Å². The summed E-state index contributed by atoms with van der Waals surface area (Å²) in [7, 11) is 0. The van der Waals surface area contributed by atoms with Gasteiger partial charge in [0.15, 0.2) is 0 Å². The van der Waals surface area contributed by atoms with Gasteiger partial charge in [-0.05, 0) is 40.2 Å². The van der Waals surface area contributed by atoms with E-state index in [1.807, 2.05) is 0 Å². The van der Waals surface area contributed by atoms with Crippen LogP contribution in [0.5, 0.6) is 0 Å². The average Bonchev–Trinajstić information content (AvgIpc) is 1.63. The van der Waals surface area contributed by atoms with Crippen LogP contribution in [-0.2, 0) is 0 Å². The van der Waals surface area contributed by atoms with Crippen molar-refractivity contribution in [2.45, 2.75) is 34.1 Å². The van der Waals surface area contributed by atoms with Crippen molar-refractivity contribution in [2.24, 2.45) is 0 Å². The average molecular weight is 123 g/mol. The number of hydrogen-bond acceptors (Lipinski definition) is 0. The number of hydrogen-bond donors (Lipinski definition) is 0. The lowest BCUT2D eigenvalue weighted by Crippen LogP contribution is -1.67. The van der Waals surface area contributed by atoms with E-state index in [0.29, 0.717) is 0 Å². The minimum atomic E-state index is 0.963. The van der Waals surface area contributed by atoms with Crippen LogP contribution in [-0.4, -0.2) is 0 Å². The molecule has 0 aliphatic rings. The molecule has 0 nitrogen and oxygen atoms in total. The molecule has 0 heteroatoms. The van der Waals surface area contributed by atoms with Gasteiger partial charge < -0.3 is 0 Å². The highest BCUT2D eigenvalue weighted by molar-refractivity contribution is 4.98. The highest BCUT2D eigenvalue weighted by atomic mass is 13.8. The second kappa shape index (κ2) is 4.37. The van der Waals surface area contributed by atoms with E-state index in [9.17, 15) is 0 Å². The first kappa shape index (κ1) is 8.48. The molecule has 0 unspecified atom stereocenters. The van der Waals surface area contributed by atoms with Crippen molar-refractivity contribution in [3.05, 3.63) is 23.3 Å². The van der Waals surface area contributed by atoms with Gasteiger partial charge in [0.25, 0.3) is 0 Å². The third-order valence-electron chi connectivity index (χ3n) is 0.966. The topological polar surface area (TPSA) is 0 Å².